The Labute approximate surface area is 153 Å². The van der Waals surface area contributed by atoms with E-state index >= 15 is 0 Å². The van der Waals surface area contributed by atoms with E-state index in [0.29, 0.717) is 32.1 Å². The van der Waals surface area contributed by atoms with E-state index in [1.807, 2.05) is 0 Å². The van der Waals surface area contributed by atoms with Gasteiger partial charge in [0.2, 0.25) is 0 Å². The maximum Gasteiger partial charge on any atom is 0.256 e. The summed E-state index contributed by atoms with van der Waals surface area (Å²) < 4.78 is 5.76. The largest absolute Gasteiger partial charge is 0.497 e. The number of benzene rings is 2. The molecule has 0 bridgehead atoms. The predicted molar refractivity (Wildman–Crippen MR) is 98.1 cm³/mol. The summed E-state index contributed by atoms with van der Waals surface area (Å²) in [7, 11) is 4.84. The van der Waals surface area contributed by atoms with Crippen LogP contribution in [-0.4, -0.2) is 37.9 Å². The Morgan fingerprint density at radius 3 is 2.50 bits per heavy atom. The van der Waals surface area contributed by atoms with E-state index in [1.165, 1.54) is 12.0 Å². The summed E-state index contributed by atoms with van der Waals surface area (Å²) in [5.41, 5.74) is 1.20. The van der Waals surface area contributed by atoms with Crippen LogP contribution in [0.25, 0.3) is 0 Å². The normalized spacial score (nSPS) is 10.2. The van der Waals surface area contributed by atoms with Gasteiger partial charge in [-0.25, -0.2) is 0 Å². The maximum atomic E-state index is 12.5. The molecule has 0 aliphatic rings. The van der Waals surface area contributed by atoms with Crippen molar-refractivity contribution in [1.82, 2.24) is 4.90 Å². The molecule has 2 amide bonds. The fourth-order valence-corrected chi connectivity index (χ4v) is 2.60. The third-order valence-corrected chi connectivity index (χ3v) is 4.31. The topological polar surface area (TPSA) is 58.6 Å². The Morgan fingerprint density at radius 1 is 1.17 bits per heavy atom. The molecule has 0 fully saturated rings. The first-order chi connectivity index (χ1) is 11.3. The molecule has 0 saturated carbocycles. The molecule has 0 radical (unpaired) electrons. The van der Waals surface area contributed by atoms with Gasteiger partial charge in [-0.2, -0.15) is 0 Å². The van der Waals surface area contributed by atoms with E-state index in [0.717, 1.165) is 0 Å². The Morgan fingerprint density at radius 2 is 1.88 bits per heavy atom. The number of hydrogen-bond acceptors (Lipinski definition) is 3. The fraction of sp³-hybridized carbons (Fsp3) is 0.176. The zero-order valence-electron chi connectivity index (χ0n) is 13.4. The highest BCUT2D eigenvalue weighted by Gasteiger charge is 2.15. The van der Waals surface area contributed by atoms with Crippen LogP contribution in [0.5, 0.6) is 5.75 Å². The molecule has 5 nitrogen and oxygen atoms in total. The fourth-order valence-electron chi connectivity index (χ4n) is 2.01. The van der Waals surface area contributed by atoms with Gasteiger partial charge >= 0.3 is 0 Å². The second-order valence-corrected chi connectivity index (χ2v) is 6.46. The summed E-state index contributed by atoms with van der Waals surface area (Å²) in [5, 5.41) is 3.07. The lowest BCUT2D eigenvalue weighted by Gasteiger charge is -2.13. The molecule has 126 valence electrons. The minimum Gasteiger partial charge on any atom is -0.497 e. The average Bonchev–Trinajstić information content (AvgIpc) is 2.56. The highest BCUT2D eigenvalue weighted by Crippen LogP contribution is 2.27. The van der Waals surface area contributed by atoms with Gasteiger partial charge in [-0.15, -0.1) is 0 Å². The first-order valence-corrected chi connectivity index (χ1v) is 8.16. The van der Waals surface area contributed by atoms with Gasteiger partial charge in [0.1, 0.15) is 5.75 Å². The van der Waals surface area contributed by atoms with Gasteiger partial charge in [0, 0.05) is 24.1 Å². The Hall–Kier alpha value is -2.05. The molecule has 24 heavy (non-hydrogen) atoms. The second-order valence-electron chi connectivity index (χ2n) is 5.19. The number of hydrogen-bond donors (Lipinski definition) is 1. The molecular weight excluding hydrogens is 396 g/mol. The van der Waals surface area contributed by atoms with E-state index in [1.54, 1.807) is 50.5 Å². The van der Waals surface area contributed by atoms with Gasteiger partial charge < -0.3 is 15.0 Å². The van der Waals surface area contributed by atoms with Crippen molar-refractivity contribution in [3.8, 4) is 5.75 Å². The van der Waals surface area contributed by atoms with Crippen molar-refractivity contribution in [2.24, 2.45) is 0 Å². The SMILES string of the molecule is COc1ccc(Br)c(C(=O)Nc2cc(C(=O)N(C)C)ccc2Cl)c1. The minimum atomic E-state index is -0.364. The van der Waals surface area contributed by atoms with Crippen LogP contribution in [0.3, 0.4) is 0 Å². The number of halogens is 2. The second kappa shape index (κ2) is 7.68. The van der Waals surface area contributed by atoms with Gasteiger partial charge in [-0.1, -0.05) is 11.6 Å². The molecule has 0 saturated heterocycles. The summed E-state index contributed by atoms with van der Waals surface area (Å²) in [6.45, 7) is 0. The molecule has 0 aromatic heterocycles. The molecule has 2 rings (SSSR count). The van der Waals surface area contributed by atoms with Crippen LogP contribution in [-0.2, 0) is 0 Å². The molecular formula is C17H16BrClN2O3. The summed E-state index contributed by atoms with van der Waals surface area (Å²) in [6.07, 6.45) is 0. The van der Waals surface area contributed by atoms with Crippen molar-refractivity contribution in [3.63, 3.8) is 0 Å². The molecule has 7 heteroatoms. The zero-order chi connectivity index (χ0) is 17.9. The number of nitrogens with one attached hydrogen (secondary N) is 1. The number of nitrogens with zero attached hydrogens (tertiary/aromatic N) is 1. The highest BCUT2D eigenvalue weighted by atomic mass is 79.9. The van der Waals surface area contributed by atoms with Gasteiger partial charge in [-0.3, -0.25) is 9.59 Å². The lowest BCUT2D eigenvalue weighted by atomic mass is 10.1. The third kappa shape index (κ3) is 4.07. The van der Waals surface area contributed by atoms with Crippen LogP contribution in [0.1, 0.15) is 20.7 Å². The first kappa shape index (κ1) is 18.3. The van der Waals surface area contributed by atoms with Gasteiger partial charge in [0.05, 0.1) is 23.4 Å². The summed E-state index contributed by atoms with van der Waals surface area (Å²) in [4.78, 5) is 26.0. The molecule has 2 aromatic carbocycles. The standard InChI is InChI=1S/C17H16BrClN2O3/c1-21(2)17(23)10-4-7-14(19)15(8-10)20-16(22)12-9-11(24-3)5-6-13(12)18/h4-9H,1-3H3,(H,20,22). The smallest absolute Gasteiger partial charge is 0.256 e. The lowest BCUT2D eigenvalue weighted by molar-refractivity contribution is 0.0827. The minimum absolute atomic E-state index is 0.176. The molecule has 0 aliphatic heterocycles. The first-order valence-electron chi connectivity index (χ1n) is 6.99. The molecule has 0 atom stereocenters. The van der Waals surface area contributed by atoms with Gasteiger partial charge in [-0.05, 0) is 52.3 Å². The number of methoxy groups -OCH3 is 1. The summed E-state index contributed by atoms with van der Waals surface area (Å²) in [5.74, 6) is 0.0211. The molecule has 2 aromatic rings. The van der Waals surface area contributed by atoms with Crippen molar-refractivity contribution in [3.05, 3.63) is 57.0 Å². The highest BCUT2D eigenvalue weighted by molar-refractivity contribution is 9.10. The molecule has 0 heterocycles. The van der Waals surface area contributed by atoms with Crippen LogP contribution >= 0.6 is 27.5 Å². The summed E-state index contributed by atoms with van der Waals surface area (Å²) in [6, 6.07) is 9.82. The number of carbonyl (C=O) groups is 2. The van der Waals surface area contributed by atoms with Crippen molar-refractivity contribution in [2.45, 2.75) is 0 Å². The number of anilines is 1. The van der Waals surface area contributed by atoms with E-state index in [-0.39, 0.29) is 11.8 Å². The number of rotatable bonds is 4. The van der Waals surface area contributed by atoms with E-state index in [2.05, 4.69) is 21.2 Å². The monoisotopic (exact) mass is 410 g/mol. The quantitative estimate of drug-likeness (QED) is 0.825. The molecule has 0 spiro atoms. The van der Waals surface area contributed by atoms with Crippen LogP contribution < -0.4 is 10.1 Å². The van der Waals surface area contributed by atoms with Gasteiger partial charge in [0.25, 0.3) is 11.8 Å². The van der Waals surface area contributed by atoms with E-state index in [9.17, 15) is 9.59 Å². The number of carbonyl (C=O) groups excluding carboxylic acids is 2. The molecule has 0 unspecified atom stereocenters. The van der Waals surface area contributed by atoms with E-state index in [4.69, 9.17) is 16.3 Å². The Bertz CT molecular complexity index is 793. The van der Waals surface area contributed by atoms with Crippen LogP contribution in [0.2, 0.25) is 5.02 Å². The van der Waals surface area contributed by atoms with E-state index < -0.39 is 0 Å². The average molecular weight is 412 g/mol. The van der Waals surface area contributed by atoms with Gasteiger partial charge in [0.15, 0.2) is 0 Å². The maximum absolute atomic E-state index is 12.5. The van der Waals surface area contributed by atoms with Crippen molar-refractivity contribution >= 4 is 45.0 Å². The van der Waals surface area contributed by atoms with Crippen molar-refractivity contribution in [1.29, 1.82) is 0 Å². The molecule has 1 N–H and O–H groups in total. The third-order valence-electron chi connectivity index (χ3n) is 3.29. The molecule has 0 aliphatic carbocycles. The lowest BCUT2D eigenvalue weighted by Crippen LogP contribution is -2.22. The Kier molecular flexibility index (Phi) is 5.85. The predicted octanol–water partition coefficient (Wildman–Crippen LogP) is 4.07. The zero-order valence-corrected chi connectivity index (χ0v) is 15.7. The van der Waals surface area contributed by atoms with Crippen LogP contribution in [0.4, 0.5) is 5.69 Å². The summed E-state index contributed by atoms with van der Waals surface area (Å²) >= 11 is 9.47. The Balaban J connectivity index is 2.32. The number of amides is 2. The van der Waals surface area contributed by atoms with Crippen molar-refractivity contribution in [2.75, 3.05) is 26.5 Å². The van der Waals surface area contributed by atoms with Crippen LogP contribution in [0.15, 0.2) is 40.9 Å². The van der Waals surface area contributed by atoms with Crippen LogP contribution in [0, 0.1) is 0 Å². The van der Waals surface area contributed by atoms with Crippen molar-refractivity contribution < 1.29 is 14.3 Å². The number of ether oxygens (including phenoxy) is 1.